The number of methoxy groups -OCH3 is 1. The molecule has 9 heteroatoms. The van der Waals surface area contributed by atoms with E-state index in [0.717, 1.165) is 31.4 Å². The van der Waals surface area contributed by atoms with E-state index in [-0.39, 0.29) is 16.3 Å². The molecular weight excluding hydrogens is 352 g/mol. The lowest BCUT2D eigenvalue weighted by molar-refractivity contribution is 0.0601. The quantitative estimate of drug-likeness (QED) is 0.849. The molecule has 0 spiro atoms. The summed E-state index contributed by atoms with van der Waals surface area (Å²) in [6, 6.07) is 6.28. The van der Waals surface area contributed by atoms with Gasteiger partial charge in [0.2, 0.25) is 0 Å². The molecule has 0 atom stereocenters. The third-order valence-electron chi connectivity index (χ3n) is 2.81. The highest BCUT2D eigenvalue weighted by molar-refractivity contribution is 7.92. The molecule has 0 aliphatic rings. The van der Waals surface area contributed by atoms with Gasteiger partial charge < -0.3 is 4.74 Å². The number of hydrogen-bond acceptors (Lipinski definition) is 4. The Morgan fingerprint density at radius 2 is 1.78 bits per heavy atom. The Morgan fingerprint density at radius 3 is 2.35 bits per heavy atom. The number of benzene rings is 2. The largest absolute Gasteiger partial charge is 0.465 e. The second kappa shape index (κ2) is 6.51. The van der Waals surface area contributed by atoms with Gasteiger partial charge in [-0.1, -0.05) is 17.7 Å². The first kappa shape index (κ1) is 17.2. The lowest BCUT2D eigenvalue weighted by Gasteiger charge is -2.11. The number of rotatable bonds is 4. The van der Waals surface area contributed by atoms with E-state index in [0.29, 0.717) is 0 Å². The van der Waals surface area contributed by atoms with E-state index in [1.54, 1.807) is 0 Å². The summed E-state index contributed by atoms with van der Waals surface area (Å²) in [5, 5.41) is 0.0388. The average Bonchev–Trinajstić information content (AvgIpc) is 2.47. The Bertz CT molecular complexity index is 851. The molecular formula is C14H10ClF2NO4S. The van der Waals surface area contributed by atoms with Crippen molar-refractivity contribution in [1.82, 2.24) is 0 Å². The van der Waals surface area contributed by atoms with Crippen molar-refractivity contribution in [1.29, 1.82) is 0 Å². The third-order valence-corrected chi connectivity index (χ3v) is 4.57. The predicted molar refractivity (Wildman–Crippen MR) is 80.0 cm³/mol. The molecule has 0 saturated heterocycles. The molecule has 0 aromatic heterocycles. The highest BCUT2D eigenvalue weighted by Crippen LogP contribution is 2.25. The van der Waals surface area contributed by atoms with Gasteiger partial charge >= 0.3 is 5.97 Å². The van der Waals surface area contributed by atoms with Crippen molar-refractivity contribution in [2.24, 2.45) is 0 Å². The van der Waals surface area contributed by atoms with Crippen molar-refractivity contribution >= 4 is 33.3 Å². The van der Waals surface area contributed by atoms with Gasteiger partial charge in [0, 0.05) is 5.69 Å². The van der Waals surface area contributed by atoms with Crippen LogP contribution in [-0.2, 0) is 14.8 Å². The molecule has 2 aromatic carbocycles. The van der Waals surface area contributed by atoms with Crippen LogP contribution in [-0.4, -0.2) is 21.5 Å². The standard InChI is InChI=1S/C14H10ClF2NO4S/c1-22-14(19)9-7-8(5-6-10(9)15)18-23(20,21)13-11(16)3-2-4-12(13)17/h2-7,18H,1H3. The van der Waals surface area contributed by atoms with E-state index in [2.05, 4.69) is 4.74 Å². The molecule has 0 bridgehead atoms. The third kappa shape index (κ3) is 3.59. The van der Waals surface area contributed by atoms with Gasteiger partial charge in [0.05, 0.1) is 17.7 Å². The topological polar surface area (TPSA) is 72.5 Å². The minimum absolute atomic E-state index is 0.0388. The van der Waals surface area contributed by atoms with Crippen molar-refractivity contribution in [3.63, 3.8) is 0 Å². The molecule has 5 nitrogen and oxygen atoms in total. The first-order chi connectivity index (χ1) is 10.8. The van der Waals surface area contributed by atoms with E-state index in [1.807, 2.05) is 4.72 Å². The zero-order valence-electron chi connectivity index (χ0n) is 11.6. The summed E-state index contributed by atoms with van der Waals surface area (Å²) in [5.41, 5.74) is -0.194. The smallest absolute Gasteiger partial charge is 0.339 e. The van der Waals surface area contributed by atoms with Gasteiger partial charge in [0.1, 0.15) is 11.6 Å². The Hall–Kier alpha value is -2.19. The van der Waals surface area contributed by atoms with Crippen LogP contribution in [0.3, 0.4) is 0 Å². The van der Waals surface area contributed by atoms with Gasteiger partial charge in [-0.2, -0.15) is 0 Å². The van der Waals surface area contributed by atoms with Crippen LogP contribution in [0.15, 0.2) is 41.3 Å². The summed E-state index contributed by atoms with van der Waals surface area (Å²) in [5.74, 6) is -3.26. The molecule has 2 aromatic rings. The summed E-state index contributed by atoms with van der Waals surface area (Å²) in [7, 11) is -3.40. The SMILES string of the molecule is COC(=O)c1cc(NS(=O)(=O)c2c(F)cccc2F)ccc1Cl. The fourth-order valence-corrected chi connectivity index (χ4v) is 3.18. The van der Waals surface area contributed by atoms with E-state index in [9.17, 15) is 22.0 Å². The molecule has 0 radical (unpaired) electrons. The Balaban J connectivity index is 2.44. The lowest BCUT2D eigenvalue weighted by atomic mass is 10.2. The molecule has 122 valence electrons. The first-order valence-corrected chi connectivity index (χ1v) is 7.97. The molecule has 0 aliphatic heterocycles. The van der Waals surface area contributed by atoms with Crippen LogP contribution < -0.4 is 4.72 Å². The highest BCUT2D eigenvalue weighted by Gasteiger charge is 2.24. The molecule has 1 N–H and O–H groups in total. The number of carbonyl (C=O) groups is 1. The first-order valence-electron chi connectivity index (χ1n) is 6.11. The average molecular weight is 362 g/mol. The summed E-state index contributed by atoms with van der Waals surface area (Å²) in [6.07, 6.45) is 0. The number of halogens is 3. The van der Waals surface area contributed by atoms with Crippen molar-refractivity contribution in [3.05, 3.63) is 58.6 Å². The number of carbonyl (C=O) groups excluding carboxylic acids is 1. The normalized spacial score (nSPS) is 11.1. The van der Waals surface area contributed by atoms with Crippen LogP contribution in [0.5, 0.6) is 0 Å². The Morgan fingerprint density at radius 1 is 1.17 bits per heavy atom. The molecule has 0 fully saturated rings. The number of nitrogens with one attached hydrogen (secondary N) is 1. The molecule has 0 heterocycles. The van der Waals surface area contributed by atoms with Crippen LogP contribution in [0.1, 0.15) is 10.4 Å². The maximum Gasteiger partial charge on any atom is 0.339 e. The lowest BCUT2D eigenvalue weighted by Crippen LogP contribution is -2.17. The number of ether oxygens (including phenoxy) is 1. The summed E-state index contributed by atoms with van der Waals surface area (Å²) >= 11 is 5.81. The van der Waals surface area contributed by atoms with Crippen LogP contribution >= 0.6 is 11.6 Å². The van der Waals surface area contributed by atoms with Crippen molar-refractivity contribution in [2.75, 3.05) is 11.8 Å². The summed E-state index contributed by atoms with van der Waals surface area (Å²) < 4.78 is 58.0. The molecule has 0 saturated carbocycles. The van der Waals surface area contributed by atoms with E-state index >= 15 is 0 Å². The van der Waals surface area contributed by atoms with Gasteiger partial charge in [-0.05, 0) is 30.3 Å². The Labute approximate surface area is 135 Å². The molecule has 2 rings (SSSR count). The highest BCUT2D eigenvalue weighted by atomic mass is 35.5. The number of hydrogen-bond donors (Lipinski definition) is 1. The molecule has 0 unspecified atom stereocenters. The molecule has 23 heavy (non-hydrogen) atoms. The van der Waals surface area contributed by atoms with E-state index < -0.39 is 32.5 Å². The maximum absolute atomic E-state index is 13.6. The van der Waals surface area contributed by atoms with E-state index in [1.165, 1.54) is 12.1 Å². The second-order valence-corrected chi connectivity index (χ2v) is 6.37. The maximum atomic E-state index is 13.6. The number of sulfonamides is 1. The van der Waals surface area contributed by atoms with Crippen molar-refractivity contribution in [2.45, 2.75) is 4.90 Å². The minimum Gasteiger partial charge on any atom is -0.465 e. The van der Waals surface area contributed by atoms with E-state index in [4.69, 9.17) is 11.6 Å². The Kier molecular flexibility index (Phi) is 4.86. The van der Waals surface area contributed by atoms with Gasteiger partial charge in [-0.3, -0.25) is 4.72 Å². The summed E-state index contributed by atoms with van der Waals surface area (Å²) in [6.45, 7) is 0. The van der Waals surface area contributed by atoms with Crippen LogP contribution in [0, 0.1) is 11.6 Å². The monoisotopic (exact) mass is 361 g/mol. The van der Waals surface area contributed by atoms with Gasteiger partial charge in [-0.15, -0.1) is 0 Å². The van der Waals surface area contributed by atoms with Crippen LogP contribution in [0.4, 0.5) is 14.5 Å². The number of esters is 1. The fourth-order valence-electron chi connectivity index (χ4n) is 1.80. The van der Waals surface area contributed by atoms with Crippen molar-refractivity contribution in [3.8, 4) is 0 Å². The predicted octanol–water partition coefficient (Wildman–Crippen LogP) is 3.21. The van der Waals surface area contributed by atoms with Crippen LogP contribution in [0.25, 0.3) is 0 Å². The summed E-state index contributed by atoms with van der Waals surface area (Å²) in [4.78, 5) is 10.4. The van der Waals surface area contributed by atoms with Gasteiger partial charge in [0.25, 0.3) is 10.0 Å². The van der Waals surface area contributed by atoms with Crippen molar-refractivity contribution < 1.29 is 26.7 Å². The molecule has 0 aliphatic carbocycles. The van der Waals surface area contributed by atoms with Gasteiger partial charge in [0.15, 0.2) is 4.90 Å². The van der Waals surface area contributed by atoms with Gasteiger partial charge in [-0.25, -0.2) is 22.0 Å². The zero-order chi connectivity index (χ0) is 17.2. The number of anilines is 1. The van der Waals surface area contributed by atoms with Crippen LogP contribution in [0.2, 0.25) is 5.02 Å². The second-order valence-electron chi connectivity index (χ2n) is 4.34. The molecule has 0 amide bonds. The fraction of sp³-hybridized carbons (Fsp3) is 0.0714. The zero-order valence-corrected chi connectivity index (χ0v) is 13.2. The minimum atomic E-state index is -4.53.